The molecule has 0 fully saturated rings. The highest BCUT2D eigenvalue weighted by molar-refractivity contribution is 6.34. The summed E-state index contributed by atoms with van der Waals surface area (Å²) in [5.41, 5.74) is 9.13. The van der Waals surface area contributed by atoms with Gasteiger partial charge in [0.2, 0.25) is 0 Å². The van der Waals surface area contributed by atoms with E-state index in [1.165, 1.54) is 0 Å². The smallest absolute Gasteiger partial charge is 0.189 e. The number of nitrogens with two attached hydrogens (primary N) is 1. The number of hydrogen-bond acceptors (Lipinski definition) is 4. The molecule has 3 aromatic rings. The van der Waals surface area contributed by atoms with Crippen LogP contribution >= 0.6 is 23.2 Å². The van der Waals surface area contributed by atoms with Gasteiger partial charge in [-0.05, 0) is 47.7 Å². The van der Waals surface area contributed by atoms with Crippen molar-refractivity contribution >= 4 is 28.9 Å². The summed E-state index contributed by atoms with van der Waals surface area (Å²) in [6, 6.07) is 10.8. The van der Waals surface area contributed by atoms with E-state index in [0.29, 0.717) is 27.2 Å². The molecule has 0 unspecified atom stereocenters. The third-order valence-corrected chi connectivity index (χ3v) is 3.45. The van der Waals surface area contributed by atoms with Crippen molar-refractivity contribution in [2.24, 2.45) is 0 Å². The third-order valence-electron chi connectivity index (χ3n) is 3.01. The lowest BCUT2D eigenvalue weighted by molar-refractivity contribution is 0.791. The first-order valence-corrected chi connectivity index (χ1v) is 6.91. The molecule has 1 aromatic heterocycles. The minimum Gasteiger partial charge on any atom is -0.398 e. The molecule has 2 aromatic carbocycles. The Hall–Kier alpha value is -2.11. The van der Waals surface area contributed by atoms with Crippen LogP contribution in [0.15, 0.2) is 36.4 Å². The number of nitrogens with zero attached hydrogens (tertiary/aromatic N) is 4. The summed E-state index contributed by atoms with van der Waals surface area (Å²) in [6.07, 6.45) is 0. The van der Waals surface area contributed by atoms with Gasteiger partial charge in [-0.2, -0.15) is 4.68 Å². The van der Waals surface area contributed by atoms with Gasteiger partial charge in [0, 0.05) is 21.3 Å². The molecule has 0 aliphatic heterocycles. The molecule has 0 bridgehead atoms. The van der Waals surface area contributed by atoms with Gasteiger partial charge in [-0.3, -0.25) is 0 Å². The molecule has 21 heavy (non-hydrogen) atoms. The zero-order chi connectivity index (χ0) is 15.0. The minimum atomic E-state index is 0.510. The third kappa shape index (κ3) is 2.70. The van der Waals surface area contributed by atoms with E-state index in [-0.39, 0.29) is 0 Å². The van der Waals surface area contributed by atoms with Crippen molar-refractivity contribution in [1.82, 2.24) is 20.2 Å². The number of nitrogen functional groups attached to an aromatic ring is 1. The lowest BCUT2D eigenvalue weighted by atomic mass is 10.1. The molecule has 0 spiro atoms. The van der Waals surface area contributed by atoms with Gasteiger partial charge < -0.3 is 5.73 Å². The molecule has 0 atom stereocenters. The Labute approximate surface area is 131 Å². The van der Waals surface area contributed by atoms with E-state index in [4.69, 9.17) is 28.9 Å². The summed E-state index contributed by atoms with van der Waals surface area (Å²) in [4.78, 5) is 0. The fourth-order valence-corrected chi connectivity index (χ4v) is 2.57. The number of benzene rings is 2. The first kappa shape index (κ1) is 13.9. The Morgan fingerprint density at radius 2 is 1.76 bits per heavy atom. The lowest BCUT2D eigenvalue weighted by Gasteiger charge is -2.08. The van der Waals surface area contributed by atoms with Crippen LogP contribution in [0.4, 0.5) is 5.69 Å². The van der Waals surface area contributed by atoms with Crippen LogP contribution in [0, 0.1) is 6.92 Å². The molecule has 1 heterocycles. The van der Waals surface area contributed by atoms with Crippen molar-refractivity contribution in [3.05, 3.63) is 52.0 Å². The van der Waals surface area contributed by atoms with Gasteiger partial charge in [0.05, 0.1) is 5.69 Å². The van der Waals surface area contributed by atoms with E-state index < -0.39 is 0 Å². The van der Waals surface area contributed by atoms with Crippen LogP contribution in [0.1, 0.15) is 5.56 Å². The number of halogens is 2. The van der Waals surface area contributed by atoms with Gasteiger partial charge in [-0.25, -0.2) is 0 Å². The minimum absolute atomic E-state index is 0.510. The summed E-state index contributed by atoms with van der Waals surface area (Å²) in [5.74, 6) is 0.537. The zero-order valence-corrected chi connectivity index (χ0v) is 12.6. The normalized spacial score (nSPS) is 10.8. The number of tetrazole rings is 1. The summed E-state index contributed by atoms with van der Waals surface area (Å²) < 4.78 is 1.56. The van der Waals surface area contributed by atoms with Crippen LogP contribution in [0.25, 0.3) is 17.1 Å². The van der Waals surface area contributed by atoms with E-state index in [1.807, 2.05) is 25.1 Å². The SMILES string of the molecule is Cc1ccc(N)c(-c2nnnn2-c2cc(Cl)cc(Cl)c2)c1. The molecule has 3 rings (SSSR count). The van der Waals surface area contributed by atoms with Crippen LogP contribution in [-0.2, 0) is 0 Å². The highest BCUT2D eigenvalue weighted by Crippen LogP contribution is 2.28. The van der Waals surface area contributed by atoms with Crippen molar-refractivity contribution in [2.45, 2.75) is 6.92 Å². The quantitative estimate of drug-likeness (QED) is 0.733. The maximum atomic E-state index is 6.03. The zero-order valence-electron chi connectivity index (χ0n) is 11.1. The average molecular weight is 320 g/mol. The Balaban J connectivity index is 2.19. The van der Waals surface area contributed by atoms with Crippen LogP contribution < -0.4 is 5.73 Å². The molecule has 0 aliphatic rings. The fourth-order valence-electron chi connectivity index (χ4n) is 2.05. The Kier molecular flexibility index (Phi) is 3.53. The van der Waals surface area contributed by atoms with Gasteiger partial charge in [0.1, 0.15) is 0 Å². The maximum absolute atomic E-state index is 6.03. The molecular formula is C14H11Cl2N5. The van der Waals surface area contributed by atoms with Crippen molar-refractivity contribution in [1.29, 1.82) is 0 Å². The van der Waals surface area contributed by atoms with Crippen LogP contribution in [0.3, 0.4) is 0 Å². The topological polar surface area (TPSA) is 69.6 Å². The molecule has 0 radical (unpaired) electrons. The monoisotopic (exact) mass is 319 g/mol. The van der Waals surface area contributed by atoms with Crippen molar-refractivity contribution in [2.75, 3.05) is 5.73 Å². The molecule has 0 saturated carbocycles. The summed E-state index contributed by atoms with van der Waals surface area (Å²) in [7, 11) is 0. The van der Waals surface area contributed by atoms with E-state index in [9.17, 15) is 0 Å². The highest BCUT2D eigenvalue weighted by atomic mass is 35.5. The predicted molar refractivity (Wildman–Crippen MR) is 83.8 cm³/mol. The van der Waals surface area contributed by atoms with Crippen LogP contribution in [-0.4, -0.2) is 20.2 Å². The van der Waals surface area contributed by atoms with Gasteiger partial charge in [-0.15, -0.1) is 5.10 Å². The second-order valence-corrected chi connectivity index (χ2v) is 5.51. The van der Waals surface area contributed by atoms with Crippen LogP contribution in [0.5, 0.6) is 0 Å². The Bertz CT molecular complexity index is 793. The first-order valence-electron chi connectivity index (χ1n) is 6.16. The second-order valence-electron chi connectivity index (χ2n) is 4.63. The van der Waals surface area contributed by atoms with E-state index in [2.05, 4.69) is 15.5 Å². The van der Waals surface area contributed by atoms with Crippen molar-refractivity contribution in [3.63, 3.8) is 0 Å². The molecule has 106 valence electrons. The number of aryl methyl sites for hydroxylation is 1. The highest BCUT2D eigenvalue weighted by Gasteiger charge is 2.14. The molecular weight excluding hydrogens is 309 g/mol. The van der Waals surface area contributed by atoms with Gasteiger partial charge in [0.25, 0.3) is 0 Å². The average Bonchev–Trinajstić information content (AvgIpc) is 2.89. The molecule has 5 nitrogen and oxygen atoms in total. The number of hydrogen-bond donors (Lipinski definition) is 1. The second kappa shape index (κ2) is 5.35. The lowest BCUT2D eigenvalue weighted by Crippen LogP contribution is -2.02. The predicted octanol–water partition coefficient (Wildman–Crippen LogP) is 3.53. The van der Waals surface area contributed by atoms with Gasteiger partial charge in [0.15, 0.2) is 5.82 Å². The largest absolute Gasteiger partial charge is 0.398 e. The number of rotatable bonds is 2. The van der Waals surface area contributed by atoms with Gasteiger partial charge >= 0.3 is 0 Å². The van der Waals surface area contributed by atoms with Gasteiger partial charge in [-0.1, -0.05) is 34.8 Å². The summed E-state index contributed by atoms with van der Waals surface area (Å²) in [5, 5.41) is 12.8. The summed E-state index contributed by atoms with van der Waals surface area (Å²) in [6.45, 7) is 1.98. The van der Waals surface area contributed by atoms with Crippen molar-refractivity contribution < 1.29 is 0 Å². The first-order chi connectivity index (χ1) is 10.0. The van der Waals surface area contributed by atoms with Crippen molar-refractivity contribution in [3.8, 4) is 17.1 Å². The molecule has 0 amide bonds. The maximum Gasteiger partial charge on any atom is 0.189 e. The molecule has 0 aliphatic carbocycles. The van der Waals surface area contributed by atoms with Crippen LogP contribution in [0.2, 0.25) is 10.0 Å². The molecule has 2 N–H and O–H groups in total. The number of aromatic nitrogens is 4. The van der Waals surface area contributed by atoms with E-state index >= 15 is 0 Å². The Morgan fingerprint density at radius 3 is 2.48 bits per heavy atom. The molecule has 0 saturated heterocycles. The number of anilines is 1. The standard InChI is InChI=1S/C14H11Cl2N5/c1-8-2-3-13(17)12(4-8)14-18-19-20-21(14)11-6-9(15)5-10(16)7-11/h2-7H,17H2,1H3. The Morgan fingerprint density at radius 1 is 1.05 bits per heavy atom. The van der Waals surface area contributed by atoms with E-state index in [0.717, 1.165) is 11.1 Å². The summed E-state index contributed by atoms with van der Waals surface area (Å²) >= 11 is 12.1. The molecule has 7 heteroatoms. The fraction of sp³-hybridized carbons (Fsp3) is 0.0714. The van der Waals surface area contributed by atoms with E-state index in [1.54, 1.807) is 22.9 Å².